The summed E-state index contributed by atoms with van der Waals surface area (Å²) in [5.41, 5.74) is -0.855. The number of hydrogen-bond donors (Lipinski definition) is 2. The van der Waals surface area contributed by atoms with Crippen LogP contribution in [0.2, 0.25) is 5.02 Å². The number of rotatable bonds is 7. The molecule has 0 radical (unpaired) electrons. The molecule has 4 aliphatic rings. The number of nitrogens with zero attached hydrogens (tertiary/aromatic N) is 1. The first-order chi connectivity index (χ1) is 17.7. The highest BCUT2D eigenvalue weighted by molar-refractivity contribution is 6.31. The molecule has 1 saturated carbocycles. The first-order valence-corrected chi connectivity index (χ1v) is 13.8. The van der Waals surface area contributed by atoms with Gasteiger partial charge in [-0.3, -0.25) is 14.4 Å². The van der Waals surface area contributed by atoms with Crippen molar-refractivity contribution in [3.8, 4) is 0 Å². The Kier molecular flexibility index (Phi) is 7.09. The molecule has 2 bridgehead atoms. The zero-order valence-corrected chi connectivity index (χ0v) is 22.3. The normalized spacial score (nSPS) is 36.1. The van der Waals surface area contributed by atoms with Crippen molar-refractivity contribution in [3.63, 3.8) is 0 Å². The van der Waals surface area contributed by atoms with Crippen LogP contribution in [0.25, 0.3) is 0 Å². The number of hydrogen-bond acceptors (Lipinski definition) is 4. The zero-order valence-electron chi connectivity index (χ0n) is 21.5. The number of amides is 3. The first kappa shape index (κ1) is 26.2. The van der Waals surface area contributed by atoms with E-state index in [1.807, 2.05) is 13.0 Å². The Morgan fingerprint density at radius 3 is 2.76 bits per heavy atom. The molecule has 7 nitrogen and oxygen atoms in total. The van der Waals surface area contributed by atoms with Crippen LogP contribution in [-0.4, -0.2) is 53.0 Å². The largest absolute Gasteiger partial charge is 0.359 e. The molecule has 3 aliphatic heterocycles. The Balaban J connectivity index is 1.42. The molecule has 5 rings (SSSR count). The first-order valence-electron chi connectivity index (χ1n) is 13.4. The average Bonchev–Trinajstić information content (AvgIpc) is 3.50. The van der Waals surface area contributed by atoms with E-state index in [0.717, 1.165) is 32.1 Å². The van der Waals surface area contributed by atoms with Crippen LogP contribution in [0.15, 0.2) is 30.4 Å². The highest BCUT2D eigenvalue weighted by Gasteiger charge is 2.72. The van der Waals surface area contributed by atoms with Crippen LogP contribution in [0.5, 0.6) is 0 Å². The van der Waals surface area contributed by atoms with Gasteiger partial charge in [-0.1, -0.05) is 63.8 Å². The number of halogens is 2. The number of carbonyl (C=O) groups is 3. The highest BCUT2D eigenvalue weighted by Crippen LogP contribution is 2.55. The molecule has 0 aromatic heterocycles. The van der Waals surface area contributed by atoms with Crippen molar-refractivity contribution >= 4 is 35.0 Å². The van der Waals surface area contributed by atoms with Crippen LogP contribution in [-0.2, 0) is 19.1 Å². The van der Waals surface area contributed by atoms with Crippen molar-refractivity contribution in [1.29, 1.82) is 0 Å². The minimum atomic E-state index is -1.19. The minimum Gasteiger partial charge on any atom is -0.359 e. The van der Waals surface area contributed by atoms with Gasteiger partial charge in [-0.15, -0.1) is 0 Å². The molecule has 0 unspecified atom stereocenters. The van der Waals surface area contributed by atoms with Gasteiger partial charge in [0.05, 0.1) is 23.0 Å². The summed E-state index contributed by atoms with van der Waals surface area (Å²) in [7, 11) is 0. The number of carbonyl (C=O) groups excluding carboxylic acids is 3. The molecule has 9 heteroatoms. The molecule has 2 N–H and O–H groups in total. The van der Waals surface area contributed by atoms with E-state index in [9.17, 15) is 18.8 Å². The summed E-state index contributed by atoms with van der Waals surface area (Å²) < 4.78 is 20.0. The minimum absolute atomic E-state index is 0.0414. The summed E-state index contributed by atoms with van der Waals surface area (Å²) >= 11 is 5.88. The van der Waals surface area contributed by atoms with E-state index in [2.05, 4.69) is 24.5 Å². The summed E-state index contributed by atoms with van der Waals surface area (Å²) in [6.45, 7) is 6.84. The molecule has 3 fully saturated rings. The third-order valence-electron chi connectivity index (χ3n) is 8.90. The summed E-state index contributed by atoms with van der Waals surface area (Å²) in [4.78, 5) is 42.8. The van der Waals surface area contributed by atoms with Gasteiger partial charge >= 0.3 is 0 Å². The van der Waals surface area contributed by atoms with Crippen molar-refractivity contribution in [2.24, 2.45) is 23.7 Å². The van der Waals surface area contributed by atoms with Crippen LogP contribution in [0.1, 0.15) is 52.9 Å². The predicted molar refractivity (Wildman–Crippen MR) is 138 cm³/mol. The van der Waals surface area contributed by atoms with Crippen LogP contribution in [0.4, 0.5) is 10.1 Å². The van der Waals surface area contributed by atoms with Crippen LogP contribution in [0, 0.1) is 29.5 Å². The monoisotopic (exact) mass is 531 g/mol. The smallest absolute Gasteiger partial charge is 0.246 e. The van der Waals surface area contributed by atoms with E-state index in [1.54, 1.807) is 11.0 Å². The van der Waals surface area contributed by atoms with Gasteiger partial charge in [0.25, 0.3) is 0 Å². The number of ether oxygens (including phenoxy) is 1. The maximum Gasteiger partial charge on any atom is 0.246 e. The van der Waals surface area contributed by atoms with E-state index in [0.29, 0.717) is 24.1 Å². The lowest BCUT2D eigenvalue weighted by Crippen LogP contribution is -2.58. The summed E-state index contributed by atoms with van der Waals surface area (Å²) in [5, 5.41) is 5.92. The zero-order chi connectivity index (χ0) is 26.5. The quantitative estimate of drug-likeness (QED) is 0.513. The second-order valence-electron chi connectivity index (χ2n) is 11.1. The van der Waals surface area contributed by atoms with E-state index >= 15 is 0 Å². The second kappa shape index (κ2) is 10.0. The number of nitrogens with one attached hydrogen (secondary N) is 2. The van der Waals surface area contributed by atoms with Gasteiger partial charge in [-0.2, -0.15) is 0 Å². The van der Waals surface area contributed by atoms with Crippen LogP contribution < -0.4 is 10.6 Å². The number of likely N-dealkylation sites (tertiary alicyclic amines) is 1. The second-order valence-corrected chi connectivity index (χ2v) is 11.5. The molecular weight excluding hydrogens is 497 g/mol. The molecular formula is C28H35ClFN3O4. The number of anilines is 1. The molecule has 2 saturated heterocycles. The van der Waals surface area contributed by atoms with E-state index < -0.39 is 41.3 Å². The third kappa shape index (κ3) is 4.36. The van der Waals surface area contributed by atoms with Gasteiger partial charge in [0.2, 0.25) is 17.7 Å². The summed E-state index contributed by atoms with van der Waals surface area (Å²) in [5.74, 6) is -2.22. The van der Waals surface area contributed by atoms with Gasteiger partial charge in [0.15, 0.2) is 0 Å². The van der Waals surface area contributed by atoms with Crippen molar-refractivity contribution in [2.75, 3.05) is 11.9 Å². The SMILES string of the molecule is CCCCN1C(=O)[C@H]2[C@H](C(=O)Nc3ccc(F)c(Cl)c3)[C@H]3C=C[C@@]2(O3)[C@@H]1C(=O)N[C@@H]1CCC[C@H](C)[C@@H]1C. The molecule has 1 aromatic carbocycles. The molecule has 1 aliphatic carbocycles. The third-order valence-corrected chi connectivity index (χ3v) is 9.19. The highest BCUT2D eigenvalue weighted by atomic mass is 35.5. The molecule has 1 spiro atoms. The number of benzene rings is 1. The number of unbranched alkanes of at least 4 members (excludes halogenated alkanes) is 1. The fourth-order valence-corrected chi connectivity index (χ4v) is 6.86. The van der Waals surface area contributed by atoms with Crippen LogP contribution >= 0.6 is 11.6 Å². The Morgan fingerprint density at radius 1 is 1.24 bits per heavy atom. The standard InChI is InChI=1S/C28H35ClFN3O4/c1-4-5-13-33-24(26(35)32-20-8-6-7-15(2)16(20)3)28-12-11-21(37-28)22(23(28)27(33)36)25(34)31-17-9-10-19(30)18(29)14-17/h9-12,14-16,20-24H,4-8,13H2,1-3H3,(H,31,34)(H,32,35)/t15-,16-,20+,21+,22+,23+,24-,28-/m0/s1. The average molecular weight is 532 g/mol. The van der Waals surface area contributed by atoms with Crippen molar-refractivity contribution in [2.45, 2.75) is 76.7 Å². The Morgan fingerprint density at radius 2 is 2.03 bits per heavy atom. The topological polar surface area (TPSA) is 87.7 Å². The fourth-order valence-electron chi connectivity index (χ4n) is 6.68. The molecule has 8 atom stereocenters. The molecule has 200 valence electrons. The fraction of sp³-hybridized carbons (Fsp3) is 0.607. The van der Waals surface area contributed by atoms with Crippen molar-refractivity contribution < 1.29 is 23.5 Å². The van der Waals surface area contributed by atoms with Gasteiger partial charge in [-0.05, 0) is 42.9 Å². The molecule has 3 amide bonds. The van der Waals surface area contributed by atoms with E-state index in [1.165, 1.54) is 18.2 Å². The van der Waals surface area contributed by atoms with Crippen molar-refractivity contribution in [3.05, 3.63) is 41.2 Å². The number of fused-ring (bicyclic) bond motifs is 1. The van der Waals surface area contributed by atoms with Gasteiger partial charge < -0.3 is 20.3 Å². The summed E-state index contributed by atoms with van der Waals surface area (Å²) in [6, 6.07) is 3.14. The van der Waals surface area contributed by atoms with E-state index in [4.69, 9.17) is 16.3 Å². The van der Waals surface area contributed by atoms with Gasteiger partial charge in [-0.25, -0.2) is 4.39 Å². The molecule has 37 heavy (non-hydrogen) atoms. The maximum atomic E-state index is 13.9. The van der Waals surface area contributed by atoms with Gasteiger partial charge in [0.1, 0.15) is 17.5 Å². The Labute approximate surface area is 222 Å². The summed E-state index contributed by atoms with van der Waals surface area (Å²) in [6.07, 6.45) is 7.71. The van der Waals surface area contributed by atoms with E-state index in [-0.39, 0.29) is 22.9 Å². The lowest BCUT2D eigenvalue weighted by molar-refractivity contribution is -0.141. The van der Waals surface area contributed by atoms with Crippen molar-refractivity contribution in [1.82, 2.24) is 10.2 Å². The van der Waals surface area contributed by atoms with Gasteiger partial charge in [0, 0.05) is 18.3 Å². The molecule has 1 aromatic rings. The Hall–Kier alpha value is -2.45. The van der Waals surface area contributed by atoms with Crippen LogP contribution in [0.3, 0.4) is 0 Å². The lowest BCUT2D eigenvalue weighted by atomic mass is 9.73. The Bertz CT molecular complexity index is 1130. The lowest BCUT2D eigenvalue weighted by Gasteiger charge is -2.38. The maximum absolute atomic E-state index is 13.9. The predicted octanol–water partition coefficient (Wildman–Crippen LogP) is 4.31. The molecule has 3 heterocycles.